The van der Waals surface area contributed by atoms with Crippen molar-refractivity contribution in [3.63, 3.8) is 0 Å². The fourth-order valence-corrected chi connectivity index (χ4v) is 3.26. The van der Waals surface area contributed by atoms with Gasteiger partial charge in [0.2, 0.25) is 5.63 Å². The summed E-state index contributed by atoms with van der Waals surface area (Å²) in [5.41, 5.74) is 1.21. The van der Waals surface area contributed by atoms with Crippen LogP contribution < -0.4 is 10.6 Å². The lowest BCUT2D eigenvalue weighted by Gasteiger charge is -2.13. The number of aldehydes is 2. The number of halogens is 4. The van der Waals surface area contributed by atoms with Gasteiger partial charge in [-0.05, 0) is 69.5 Å². The lowest BCUT2D eigenvalue weighted by atomic mass is 10.1. The molecule has 0 saturated carbocycles. The zero-order valence-corrected chi connectivity index (χ0v) is 21.3. The Morgan fingerprint density at radius 1 is 1.26 bits per heavy atom. The summed E-state index contributed by atoms with van der Waals surface area (Å²) in [6, 6.07) is 10.3. The minimum Gasteiger partial charge on any atom is -0.388 e. The number of aliphatic imine (C=N–C) groups is 2. The van der Waals surface area contributed by atoms with Crippen LogP contribution in [0, 0.1) is 5.82 Å². The number of nitrogens with one attached hydrogen (secondary N) is 2. The molecule has 0 spiro atoms. The fourth-order valence-electron chi connectivity index (χ4n) is 3.08. The molecule has 190 valence electrons. The molecule has 0 aliphatic carbocycles. The molecule has 7 nitrogen and oxygen atoms in total. The van der Waals surface area contributed by atoms with Crippen molar-refractivity contribution in [1.82, 2.24) is 4.90 Å². The number of carbonyl (C=O) groups excluding carboxylic acids is 2. The number of carbonyl (C=O) groups is 2. The number of amidine groups is 1. The molecule has 0 radical (unpaired) electrons. The first-order chi connectivity index (χ1) is 16.7. The van der Waals surface area contributed by atoms with E-state index in [1.54, 1.807) is 13.1 Å². The lowest BCUT2D eigenvalue weighted by Crippen LogP contribution is -2.25. The van der Waals surface area contributed by atoms with E-state index in [0.717, 1.165) is 30.5 Å². The van der Waals surface area contributed by atoms with Crippen LogP contribution in [-0.4, -0.2) is 69.4 Å². The topological polar surface area (TPSA) is 86.2 Å². The van der Waals surface area contributed by atoms with Crippen molar-refractivity contribution in [2.24, 2.45) is 9.98 Å². The Balaban J connectivity index is 0.000000385. The van der Waals surface area contributed by atoms with Gasteiger partial charge in [0.25, 0.3) is 0 Å². The van der Waals surface area contributed by atoms with E-state index in [1.807, 2.05) is 32.3 Å². The van der Waals surface area contributed by atoms with E-state index in [4.69, 9.17) is 16.4 Å². The molecule has 2 aromatic rings. The second-order valence-electron chi connectivity index (χ2n) is 7.26. The molecule has 0 aromatic heterocycles. The van der Waals surface area contributed by atoms with Crippen LogP contribution in [0.4, 0.5) is 25.8 Å². The number of hydrogen-bond acceptors (Lipinski definition) is 6. The highest BCUT2D eigenvalue weighted by molar-refractivity contribution is 6.31. The zero-order valence-electron chi connectivity index (χ0n) is 19.8. The average Bonchev–Trinajstić information content (AvgIpc) is 3.29. The Hall–Kier alpha value is -2.88. The van der Waals surface area contributed by atoms with Crippen molar-refractivity contribution in [2.75, 3.05) is 38.3 Å². The minimum absolute atomic E-state index is 0.0154. The fraction of sp³-hybridized carbons (Fsp3) is 0.333. The maximum Gasteiger partial charge on any atom is 0.228 e. The van der Waals surface area contributed by atoms with Crippen LogP contribution in [0.1, 0.15) is 18.4 Å². The van der Waals surface area contributed by atoms with Crippen molar-refractivity contribution in [3.8, 4) is 0 Å². The molecular weight excluding hydrogens is 499 g/mol. The third kappa shape index (κ3) is 10.1. The maximum atomic E-state index is 13.2. The average molecular weight is 528 g/mol. The molecule has 2 N–H and O–H groups in total. The van der Waals surface area contributed by atoms with Gasteiger partial charge in [-0.1, -0.05) is 23.2 Å². The van der Waals surface area contributed by atoms with Crippen LogP contribution >= 0.6 is 23.2 Å². The molecule has 0 bridgehead atoms. The van der Waals surface area contributed by atoms with E-state index >= 15 is 0 Å². The molecule has 11 heteroatoms. The van der Waals surface area contributed by atoms with E-state index in [-0.39, 0.29) is 17.4 Å². The predicted molar refractivity (Wildman–Crippen MR) is 141 cm³/mol. The van der Waals surface area contributed by atoms with E-state index in [9.17, 15) is 13.6 Å². The first-order valence-corrected chi connectivity index (χ1v) is 11.4. The molecule has 1 aliphatic rings. The van der Waals surface area contributed by atoms with E-state index in [2.05, 4.69) is 43.8 Å². The number of likely N-dealkylation sites (N-methyl/N-ethyl adjacent to an activating group) is 1. The van der Waals surface area contributed by atoms with Crippen molar-refractivity contribution >= 4 is 65.4 Å². The van der Waals surface area contributed by atoms with E-state index in [0.29, 0.717) is 17.2 Å². The van der Waals surface area contributed by atoms with Gasteiger partial charge < -0.3 is 15.4 Å². The smallest absolute Gasteiger partial charge is 0.228 e. The molecule has 1 unspecified atom stereocenters. The van der Waals surface area contributed by atoms with Gasteiger partial charge in [0.05, 0.1) is 16.8 Å². The Kier molecular flexibility index (Phi) is 13.7. The Bertz CT molecular complexity index is 1020. The number of hydrogen-bond donors (Lipinski definition) is 2. The van der Waals surface area contributed by atoms with Gasteiger partial charge in [0.15, 0.2) is 6.29 Å². The summed E-state index contributed by atoms with van der Waals surface area (Å²) < 4.78 is 24.1. The third-order valence-corrected chi connectivity index (χ3v) is 5.35. The maximum absolute atomic E-state index is 13.2. The Morgan fingerprint density at radius 2 is 1.91 bits per heavy atom. The number of anilines is 2. The highest BCUT2D eigenvalue weighted by Crippen LogP contribution is 2.25. The third-order valence-electron chi connectivity index (χ3n) is 4.95. The van der Waals surface area contributed by atoms with Crippen molar-refractivity contribution in [1.29, 1.82) is 0 Å². The Morgan fingerprint density at radius 3 is 2.34 bits per heavy atom. The van der Waals surface area contributed by atoms with E-state index in [1.165, 1.54) is 18.6 Å². The number of likely N-dealkylation sites (tertiary alicyclic amines) is 1. The molecule has 35 heavy (non-hydrogen) atoms. The lowest BCUT2D eigenvalue weighted by molar-refractivity contribution is -0.111. The van der Waals surface area contributed by atoms with E-state index < -0.39 is 11.4 Å². The van der Waals surface area contributed by atoms with Crippen LogP contribution in [0.3, 0.4) is 0 Å². The summed E-state index contributed by atoms with van der Waals surface area (Å²) >= 11 is 10.2. The van der Waals surface area contributed by atoms with Crippen LogP contribution in [0.25, 0.3) is 0 Å². The van der Waals surface area contributed by atoms with Crippen molar-refractivity contribution < 1.29 is 18.4 Å². The molecule has 3 rings (SSSR count). The van der Waals surface area contributed by atoms with Gasteiger partial charge in [0, 0.05) is 31.0 Å². The van der Waals surface area contributed by atoms with Gasteiger partial charge in [-0.2, -0.15) is 0 Å². The zero-order chi connectivity index (χ0) is 26.4. The summed E-state index contributed by atoms with van der Waals surface area (Å²) in [7, 11) is 5.48. The van der Waals surface area contributed by atoms with Crippen LogP contribution in [0.15, 0.2) is 46.4 Å². The Labute approximate surface area is 214 Å². The summed E-state index contributed by atoms with van der Waals surface area (Å²) in [6.07, 6.45) is 3.29. The normalized spacial score (nSPS) is 16.1. The summed E-state index contributed by atoms with van der Waals surface area (Å²) in [5.74, 6) is 0.120. The number of nitrogens with zero attached hydrogens (tertiary/aromatic N) is 3. The molecule has 1 saturated heterocycles. The number of rotatable bonds is 6. The molecule has 1 heterocycles. The van der Waals surface area contributed by atoms with Crippen molar-refractivity contribution in [3.05, 3.63) is 52.8 Å². The number of benzene rings is 2. The van der Waals surface area contributed by atoms with Crippen LogP contribution in [0.5, 0.6) is 0 Å². The summed E-state index contributed by atoms with van der Waals surface area (Å²) in [5, 5.41) is 6.23. The second kappa shape index (κ2) is 15.9. The molecule has 1 aliphatic heterocycles. The predicted octanol–water partition coefficient (Wildman–Crippen LogP) is 5.34. The quantitative estimate of drug-likeness (QED) is 0.229. The van der Waals surface area contributed by atoms with Gasteiger partial charge >= 0.3 is 0 Å². The van der Waals surface area contributed by atoms with Gasteiger partial charge in [-0.15, -0.1) is 0 Å². The van der Waals surface area contributed by atoms with Gasteiger partial charge in [-0.3, -0.25) is 19.7 Å². The highest BCUT2D eigenvalue weighted by Gasteiger charge is 2.18. The molecule has 2 aromatic carbocycles. The number of alkyl halides is 2. The summed E-state index contributed by atoms with van der Waals surface area (Å²) in [4.78, 5) is 29.5. The van der Waals surface area contributed by atoms with Crippen LogP contribution in [0.2, 0.25) is 5.02 Å². The van der Waals surface area contributed by atoms with Crippen molar-refractivity contribution in [2.45, 2.75) is 24.5 Å². The molecule has 1 fully saturated rings. The van der Waals surface area contributed by atoms with Crippen LogP contribution in [-0.2, 0) is 9.59 Å². The first kappa shape index (κ1) is 30.2. The standard InChI is InChI=1S/C16H16ClFN4.C6H11NO.C2H2ClFO/c1-19-10-5-7-15(20-2)12(8-10)16(21-3)22-11-4-6-14(18)13(17)9-11;1-7-4-2-3-6(7)5-8;3-2(4)1-5/h4-9,19H,2H2,1,3H3,(H,21,22);5-6H,2-4H2,1H3;1-2H/t;6-;/m.1./s1. The highest BCUT2D eigenvalue weighted by atomic mass is 35.5. The minimum atomic E-state index is -1.82. The largest absolute Gasteiger partial charge is 0.388 e. The monoisotopic (exact) mass is 527 g/mol. The molecular formula is C24H29Cl2F2N5O2. The molecule has 0 amide bonds. The summed E-state index contributed by atoms with van der Waals surface area (Å²) in [6.45, 7) is 4.66. The van der Waals surface area contributed by atoms with Gasteiger partial charge in [0.1, 0.15) is 17.9 Å². The first-order valence-electron chi connectivity index (χ1n) is 10.6. The van der Waals surface area contributed by atoms with Gasteiger partial charge in [-0.25, -0.2) is 8.78 Å². The molecule has 2 atom stereocenters. The SMILES string of the molecule is C=Nc1ccc(NC)cc1C(=NC)Nc1ccc(F)c(Cl)c1.CN1CCC[C@@H]1C=O.O=CC(F)Cl. The second-order valence-corrected chi connectivity index (χ2v) is 8.09.